The number of carbonyl (C=O) groups excluding carboxylic acids is 1. The largest absolute Gasteiger partial charge is 0.457 e. The monoisotopic (exact) mass is 593 g/mol. The maximum Gasteiger partial charge on any atom is 0.335 e. The first-order valence-corrected chi connectivity index (χ1v) is 14.4. The van der Waals surface area contributed by atoms with Crippen molar-refractivity contribution in [1.82, 2.24) is 24.4 Å². The number of hydrogen-bond donors (Lipinski definition) is 2. The Morgan fingerprint density at radius 2 is 1.73 bits per heavy atom. The number of benzene rings is 2. The Kier molecular flexibility index (Phi) is 7.10. The summed E-state index contributed by atoms with van der Waals surface area (Å²) in [6.07, 6.45) is 6.26. The molecule has 1 aliphatic heterocycles. The molecule has 4 heterocycles. The van der Waals surface area contributed by atoms with E-state index < -0.39 is 23.0 Å². The van der Waals surface area contributed by atoms with Crippen LogP contribution < -0.4 is 31.5 Å². The number of anilines is 2. The van der Waals surface area contributed by atoms with E-state index >= 15 is 0 Å². The number of halogens is 1. The van der Waals surface area contributed by atoms with Crippen LogP contribution in [-0.4, -0.2) is 51.2 Å². The molecule has 0 radical (unpaired) electrons. The van der Waals surface area contributed by atoms with Gasteiger partial charge in [-0.15, -0.1) is 0 Å². The second-order valence-corrected chi connectivity index (χ2v) is 10.8. The van der Waals surface area contributed by atoms with Crippen molar-refractivity contribution in [3.8, 4) is 17.2 Å². The van der Waals surface area contributed by atoms with Gasteiger partial charge in [0, 0.05) is 55.7 Å². The Labute approximate surface area is 250 Å². The van der Waals surface area contributed by atoms with Crippen molar-refractivity contribution >= 4 is 28.3 Å². The van der Waals surface area contributed by atoms with Crippen LogP contribution in [0.5, 0.6) is 11.5 Å². The Morgan fingerprint density at radius 3 is 2.45 bits per heavy atom. The van der Waals surface area contributed by atoms with Gasteiger partial charge in [-0.2, -0.15) is 0 Å². The molecule has 5 aromatic rings. The van der Waals surface area contributed by atoms with Crippen molar-refractivity contribution < 1.29 is 13.9 Å². The van der Waals surface area contributed by atoms with Crippen LogP contribution in [0.2, 0.25) is 0 Å². The number of aromatic nitrogens is 4. The molecule has 44 heavy (non-hydrogen) atoms. The van der Waals surface area contributed by atoms with Crippen molar-refractivity contribution in [3.05, 3.63) is 111 Å². The Bertz CT molecular complexity index is 1980. The van der Waals surface area contributed by atoms with E-state index in [1.54, 1.807) is 42.7 Å². The SMILES string of the molecule is O=C(Nc1ccc(Oc2ccnc3cnc(N4CCNCC4)cc23)cc1)c1cn(C2CC2)c(=O)n(-c2ccc(F)cc2)c1=O. The van der Waals surface area contributed by atoms with Crippen molar-refractivity contribution in [3.63, 3.8) is 0 Å². The van der Waals surface area contributed by atoms with Crippen molar-refractivity contribution in [2.45, 2.75) is 18.9 Å². The number of fused-ring (bicyclic) bond motifs is 1. The van der Waals surface area contributed by atoms with E-state index in [1.165, 1.54) is 22.9 Å². The Balaban J connectivity index is 1.13. The minimum Gasteiger partial charge on any atom is -0.457 e. The molecule has 12 heteroatoms. The van der Waals surface area contributed by atoms with E-state index in [9.17, 15) is 18.8 Å². The van der Waals surface area contributed by atoms with Crippen LogP contribution in [0.3, 0.4) is 0 Å². The van der Waals surface area contributed by atoms with E-state index in [2.05, 4.69) is 25.5 Å². The summed E-state index contributed by atoms with van der Waals surface area (Å²) in [5, 5.41) is 6.92. The molecule has 2 fully saturated rings. The summed E-state index contributed by atoms with van der Waals surface area (Å²) < 4.78 is 22.0. The van der Waals surface area contributed by atoms with Gasteiger partial charge in [-0.1, -0.05) is 0 Å². The maximum absolute atomic E-state index is 13.5. The molecule has 222 valence electrons. The van der Waals surface area contributed by atoms with E-state index in [1.807, 2.05) is 6.07 Å². The third-order valence-electron chi connectivity index (χ3n) is 7.74. The number of nitrogens with zero attached hydrogens (tertiary/aromatic N) is 5. The summed E-state index contributed by atoms with van der Waals surface area (Å²) in [6, 6.07) is 15.4. The molecule has 1 aliphatic carbocycles. The summed E-state index contributed by atoms with van der Waals surface area (Å²) in [5.74, 6) is 0.856. The molecular weight excluding hydrogens is 565 g/mol. The standard InChI is InChI=1S/C32H28FN7O4/c33-20-1-5-23(6-2-20)40-31(42)26(19-39(32(40)43)22-7-8-22)30(41)37-21-3-9-24(10-4-21)44-28-11-12-35-27-18-36-29(17-25(27)28)38-15-13-34-14-16-38/h1-6,9-12,17-19,22,34H,7-8,13-16H2,(H,37,41). The van der Waals surface area contributed by atoms with Crippen LogP contribution >= 0.6 is 0 Å². The summed E-state index contributed by atoms with van der Waals surface area (Å²) in [7, 11) is 0. The first-order chi connectivity index (χ1) is 21.4. The number of rotatable bonds is 7. The molecule has 2 aliphatic rings. The van der Waals surface area contributed by atoms with Gasteiger partial charge in [0.2, 0.25) is 0 Å². The summed E-state index contributed by atoms with van der Waals surface area (Å²) in [6.45, 7) is 3.52. The van der Waals surface area contributed by atoms with E-state index in [4.69, 9.17) is 4.74 Å². The second kappa shape index (κ2) is 11.4. The van der Waals surface area contributed by atoms with Gasteiger partial charge in [0.15, 0.2) is 0 Å². The molecule has 0 atom stereocenters. The maximum atomic E-state index is 13.5. The molecule has 1 amide bonds. The number of nitrogens with one attached hydrogen (secondary N) is 2. The number of carbonyl (C=O) groups is 1. The van der Waals surface area contributed by atoms with Crippen LogP contribution in [0, 0.1) is 5.82 Å². The lowest BCUT2D eigenvalue weighted by Gasteiger charge is -2.28. The average molecular weight is 594 g/mol. The molecular formula is C32H28FN7O4. The first kappa shape index (κ1) is 27.5. The number of ether oxygens (including phenoxy) is 1. The zero-order valence-corrected chi connectivity index (χ0v) is 23.6. The van der Waals surface area contributed by atoms with E-state index in [0.29, 0.717) is 22.7 Å². The minimum atomic E-state index is -0.782. The normalized spacial score (nSPS) is 14.9. The van der Waals surface area contributed by atoms with Crippen molar-refractivity contribution in [1.29, 1.82) is 0 Å². The van der Waals surface area contributed by atoms with Gasteiger partial charge in [0.1, 0.15) is 28.7 Å². The van der Waals surface area contributed by atoms with Gasteiger partial charge in [-0.3, -0.25) is 19.1 Å². The minimum absolute atomic E-state index is 0.0919. The summed E-state index contributed by atoms with van der Waals surface area (Å²) >= 11 is 0. The average Bonchev–Trinajstić information content (AvgIpc) is 3.89. The molecule has 1 saturated carbocycles. The molecule has 2 N–H and O–H groups in total. The Hall–Kier alpha value is -5.36. The smallest absolute Gasteiger partial charge is 0.335 e. The topological polar surface area (TPSA) is 123 Å². The molecule has 11 nitrogen and oxygen atoms in total. The molecule has 7 rings (SSSR count). The predicted octanol–water partition coefficient (Wildman–Crippen LogP) is 3.87. The summed E-state index contributed by atoms with van der Waals surface area (Å²) in [5.41, 5.74) is -0.213. The van der Waals surface area contributed by atoms with Gasteiger partial charge in [0.05, 0.1) is 17.4 Å². The molecule has 1 saturated heterocycles. The second-order valence-electron chi connectivity index (χ2n) is 10.8. The van der Waals surface area contributed by atoms with Crippen LogP contribution in [0.25, 0.3) is 16.6 Å². The lowest BCUT2D eigenvalue weighted by Crippen LogP contribution is -2.43. The fourth-order valence-electron chi connectivity index (χ4n) is 5.26. The highest BCUT2D eigenvalue weighted by Gasteiger charge is 2.28. The lowest BCUT2D eigenvalue weighted by molar-refractivity contribution is 0.102. The molecule has 0 spiro atoms. The lowest BCUT2D eigenvalue weighted by atomic mass is 10.2. The Morgan fingerprint density at radius 1 is 0.977 bits per heavy atom. The molecule has 0 unspecified atom stereocenters. The highest BCUT2D eigenvalue weighted by atomic mass is 19.1. The number of hydrogen-bond acceptors (Lipinski definition) is 8. The van der Waals surface area contributed by atoms with Crippen LogP contribution in [0.4, 0.5) is 15.9 Å². The summed E-state index contributed by atoms with van der Waals surface area (Å²) in [4.78, 5) is 51.0. The van der Waals surface area contributed by atoms with Gasteiger partial charge in [-0.05, 0) is 73.5 Å². The highest BCUT2D eigenvalue weighted by molar-refractivity contribution is 6.03. The number of piperazine rings is 1. The fraction of sp³-hybridized carbons (Fsp3) is 0.219. The predicted molar refractivity (Wildman–Crippen MR) is 164 cm³/mol. The molecule has 0 bridgehead atoms. The van der Waals surface area contributed by atoms with Crippen LogP contribution in [0.1, 0.15) is 29.2 Å². The quantitative estimate of drug-likeness (QED) is 0.292. The van der Waals surface area contributed by atoms with E-state index in [-0.39, 0.29) is 17.3 Å². The number of pyridine rings is 2. The van der Waals surface area contributed by atoms with Gasteiger partial charge < -0.3 is 20.3 Å². The number of amides is 1. The molecule has 2 aromatic carbocycles. The first-order valence-electron chi connectivity index (χ1n) is 14.4. The van der Waals surface area contributed by atoms with Gasteiger partial charge in [0.25, 0.3) is 11.5 Å². The van der Waals surface area contributed by atoms with Gasteiger partial charge in [-0.25, -0.2) is 18.7 Å². The van der Waals surface area contributed by atoms with Crippen LogP contribution in [-0.2, 0) is 0 Å². The zero-order chi connectivity index (χ0) is 30.2. The van der Waals surface area contributed by atoms with Gasteiger partial charge >= 0.3 is 5.69 Å². The van der Waals surface area contributed by atoms with Crippen molar-refractivity contribution in [2.75, 3.05) is 36.4 Å². The van der Waals surface area contributed by atoms with Crippen molar-refractivity contribution in [2.24, 2.45) is 0 Å². The third-order valence-corrected chi connectivity index (χ3v) is 7.74. The highest BCUT2D eigenvalue weighted by Crippen LogP contribution is 2.34. The molecule has 3 aromatic heterocycles. The van der Waals surface area contributed by atoms with Crippen LogP contribution in [0.15, 0.2) is 88.8 Å². The zero-order valence-electron chi connectivity index (χ0n) is 23.6. The van der Waals surface area contributed by atoms with E-state index in [0.717, 1.165) is 66.9 Å². The third kappa shape index (κ3) is 5.42. The fourth-order valence-corrected chi connectivity index (χ4v) is 5.26.